The average molecular weight is 392 g/mol. The number of hydrogen-bond donors (Lipinski definition) is 1. The fraction of sp³-hybridized carbons (Fsp3) is 0.174. The molecule has 0 aliphatic heterocycles. The monoisotopic (exact) mass is 392 g/mol. The predicted octanol–water partition coefficient (Wildman–Crippen LogP) is 3.60. The maximum Gasteiger partial charge on any atom is 0.340 e. The minimum atomic E-state index is -0.698. The normalized spacial score (nSPS) is 9.97. The Kier molecular flexibility index (Phi) is 7.91. The maximum absolute atomic E-state index is 12.5. The van der Waals surface area contributed by atoms with Crippen molar-refractivity contribution in [2.24, 2.45) is 0 Å². The van der Waals surface area contributed by atoms with Crippen LogP contribution in [-0.4, -0.2) is 42.4 Å². The standard InChI is InChI=1S/C23H24N2O4/c1-4-13-25(14-5-2)21(26)16-29-23(28)19-11-6-7-12-20(19)24-22(27)18-10-8-9-17(3)15-18/h4-12,15H,1-2,13-14,16H2,3H3,(H,24,27). The summed E-state index contributed by atoms with van der Waals surface area (Å²) in [7, 11) is 0. The van der Waals surface area contributed by atoms with Crippen molar-refractivity contribution in [3.8, 4) is 0 Å². The van der Waals surface area contributed by atoms with Crippen LogP contribution < -0.4 is 5.32 Å². The molecule has 0 aromatic heterocycles. The number of esters is 1. The largest absolute Gasteiger partial charge is 0.452 e. The summed E-state index contributed by atoms with van der Waals surface area (Å²) in [6.45, 7) is 9.33. The molecule has 2 rings (SSSR count). The van der Waals surface area contributed by atoms with Gasteiger partial charge in [0.15, 0.2) is 6.61 Å². The fourth-order valence-electron chi connectivity index (χ4n) is 2.64. The van der Waals surface area contributed by atoms with Crippen LogP contribution in [0.15, 0.2) is 73.8 Å². The Morgan fingerprint density at radius 2 is 1.72 bits per heavy atom. The van der Waals surface area contributed by atoms with Crippen LogP contribution >= 0.6 is 0 Å². The van der Waals surface area contributed by atoms with E-state index in [1.54, 1.807) is 48.6 Å². The quantitative estimate of drug-likeness (QED) is 0.523. The summed E-state index contributed by atoms with van der Waals surface area (Å²) >= 11 is 0. The number of aryl methyl sites for hydroxylation is 1. The highest BCUT2D eigenvalue weighted by Crippen LogP contribution is 2.18. The van der Waals surface area contributed by atoms with Gasteiger partial charge in [-0.1, -0.05) is 42.0 Å². The molecule has 2 amide bonds. The SMILES string of the molecule is C=CCN(CC=C)C(=O)COC(=O)c1ccccc1NC(=O)c1cccc(C)c1. The lowest BCUT2D eigenvalue weighted by Crippen LogP contribution is -2.35. The zero-order valence-electron chi connectivity index (χ0n) is 16.4. The number of anilines is 1. The molecular formula is C23H24N2O4. The van der Waals surface area contributed by atoms with E-state index in [0.29, 0.717) is 24.3 Å². The van der Waals surface area contributed by atoms with E-state index in [9.17, 15) is 14.4 Å². The first-order valence-electron chi connectivity index (χ1n) is 9.10. The number of benzene rings is 2. The molecule has 0 aliphatic rings. The first-order valence-corrected chi connectivity index (χ1v) is 9.10. The van der Waals surface area contributed by atoms with Crippen LogP contribution in [0.2, 0.25) is 0 Å². The number of ether oxygens (including phenoxy) is 1. The van der Waals surface area contributed by atoms with Crippen LogP contribution in [0.1, 0.15) is 26.3 Å². The van der Waals surface area contributed by atoms with Gasteiger partial charge in [0.05, 0.1) is 11.3 Å². The summed E-state index contributed by atoms with van der Waals surface area (Å²) in [6, 6.07) is 13.6. The van der Waals surface area contributed by atoms with Crippen molar-refractivity contribution >= 4 is 23.5 Å². The molecule has 6 heteroatoms. The van der Waals surface area contributed by atoms with Gasteiger partial charge in [-0.3, -0.25) is 9.59 Å². The van der Waals surface area contributed by atoms with E-state index in [0.717, 1.165) is 5.56 Å². The number of amides is 2. The third-order valence-electron chi connectivity index (χ3n) is 4.05. The third-order valence-corrected chi connectivity index (χ3v) is 4.05. The molecule has 0 fully saturated rings. The van der Waals surface area contributed by atoms with Gasteiger partial charge in [0.2, 0.25) is 0 Å². The van der Waals surface area contributed by atoms with E-state index in [1.165, 1.54) is 11.0 Å². The first-order chi connectivity index (χ1) is 14.0. The number of nitrogens with one attached hydrogen (secondary N) is 1. The molecule has 6 nitrogen and oxygen atoms in total. The molecule has 2 aromatic rings. The number of rotatable bonds is 9. The Labute approximate surface area is 170 Å². The zero-order valence-corrected chi connectivity index (χ0v) is 16.4. The summed E-state index contributed by atoms with van der Waals surface area (Å²) in [6.07, 6.45) is 3.17. The number of hydrogen-bond acceptors (Lipinski definition) is 4. The van der Waals surface area contributed by atoms with Gasteiger partial charge in [0.1, 0.15) is 0 Å². The van der Waals surface area contributed by atoms with Crippen LogP contribution in [0, 0.1) is 6.92 Å². The van der Waals surface area contributed by atoms with Gasteiger partial charge in [-0.2, -0.15) is 0 Å². The van der Waals surface area contributed by atoms with E-state index >= 15 is 0 Å². The van der Waals surface area contributed by atoms with E-state index in [1.807, 2.05) is 13.0 Å². The number of carbonyl (C=O) groups excluding carboxylic acids is 3. The number of para-hydroxylation sites is 1. The van der Waals surface area contributed by atoms with E-state index < -0.39 is 12.6 Å². The summed E-state index contributed by atoms with van der Waals surface area (Å²) in [5, 5.41) is 2.72. The van der Waals surface area contributed by atoms with Crippen molar-refractivity contribution in [3.63, 3.8) is 0 Å². The highest BCUT2D eigenvalue weighted by Gasteiger charge is 2.18. The number of carbonyl (C=O) groups is 3. The molecule has 29 heavy (non-hydrogen) atoms. The molecule has 0 aliphatic carbocycles. The van der Waals surface area contributed by atoms with Gasteiger partial charge in [-0.15, -0.1) is 13.2 Å². The van der Waals surface area contributed by atoms with Crippen LogP contribution in [-0.2, 0) is 9.53 Å². The summed E-state index contributed by atoms with van der Waals surface area (Å²) in [5.74, 6) is -1.40. The third kappa shape index (κ3) is 6.17. The van der Waals surface area contributed by atoms with Crippen molar-refractivity contribution in [3.05, 3.63) is 90.5 Å². The molecule has 0 bridgehead atoms. The Morgan fingerprint density at radius 1 is 1.03 bits per heavy atom. The molecule has 0 atom stereocenters. The lowest BCUT2D eigenvalue weighted by molar-refractivity contribution is -0.133. The highest BCUT2D eigenvalue weighted by molar-refractivity contribution is 6.08. The molecule has 0 unspecified atom stereocenters. The Hall–Kier alpha value is -3.67. The van der Waals surface area contributed by atoms with Crippen LogP contribution in [0.4, 0.5) is 5.69 Å². The number of nitrogens with zero attached hydrogens (tertiary/aromatic N) is 1. The first kappa shape index (κ1) is 21.6. The van der Waals surface area contributed by atoms with Gasteiger partial charge in [0, 0.05) is 18.7 Å². The van der Waals surface area contributed by atoms with Crippen LogP contribution in [0.3, 0.4) is 0 Å². The molecule has 0 saturated heterocycles. The molecule has 2 aromatic carbocycles. The Bertz CT molecular complexity index is 911. The minimum Gasteiger partial charge on any atom is -0.452 e. The Morgan fingerprint density at radius 3 is 2.38 bits per heavy atom. The fourth-order valence-corrected chi connectivity index (χ4v) is 2.64. The van der Waals surface area contributed by atoms with Crippen molar-refractivity contribution in [2.75, 3.05) is 25.0 Å². The van der Waals surface area contributed by atoms with Crippen LogP contribution in [0.5, 0.6) is 0 Å². The van der Waals surface area contributed by atoms with Gasteiger partial charge in [-0.25, -0.2) is 4.79 Å². The van der Waals surface area contributed by atoms with E-state index in [4.69, 9.17) is 4.74 Å². The minimum absolute atomic E-state index is 0.167. The molecule has 1 N–H and O–H groups in total. The van der Waals surface area contributed by atoms with Gasteiger partial charge >= 0.3 is 5.97 Å². The predicted molar refractivity (Wildman–Crippen MR) is 113 cm³/mol. The van der Waals surface area contributed by atoms with Gasteiger partial charge in [0.25, 0.3) is 11.8 Å². The highest BCUT2D eigenvalue weighted by atomic mass is 16.5. The lowest BCUT2D eigenvalue weighted by atomic mass is 10.1. The topological polar surface area (TPSA) is 75.7 Å². The summed E-state index contributed by atoms with van der Waals surface area (Å²) < 4.78 is 5.16. The van der Waals surface area contributed by atoms with Crippen molar-refractivity contribution in [2.45, 2.75) is 6.92 Å². The second kappa shape index (κ2) is 10.6. The molecule has 150 valence electrons. The van der Waals surface area contributed by atoms with Crippen molar-refractivity contribution in [1.82, 2.24) is 4.90 Å². The van der Waals surface area contributed by atoms with Gasteiger partial charge in [-0.05, 0) is 31.2 Å². The lowest BCUT2D eigenvalue weighted by Gasteiger charge is -2.19. The summed E-state index contributed by atoms with van der Waals surface area (Å²) in [4.78, 5) is 38.7. The second-order valence-electron chi connectivity index (χ2n) is 6.32. The molecule has 0 saturated carbocycles. The van der Waals surface area contributed by atoms with E-state index in [2.05, 4.69) is 18.5 Å². The molecule has 0 spiro atoms. The maximum atomic E-state index is 12.5. The summed E-state index contributed by atoms with van der Waals surface area (Å²) in [5.41, 5.74) is 1.91. The van der Waals surface area contributed by atoms with Crippen LogP contribution in [0.25, 0.3) is 0 Å². The second-order valence-corrected chi connectivity index (χ2v) is 6.32. The average Bonchev–Trinajstić information content (AvgIpc) is 2.72. The van der Waals surface area contributed by atoms with E-state index in [-0.39, 0.29) is 17.4 Å². The molecular weight excluding hydrogens is 368 g/mol. The molecule has 0 radical (unpaired) electrons. The van der Waals surface area contributed by atoms with Gasteiger partial charge < -0.3 is 15.0 Å². The van der Waals surface area contributed by atoms with Crippen molar-refractivity contribution in [1.29, 1.82) is 0 Å². The van der Waals surface area contributed by atoms with Crippen molar-refractivity contribution < 1.29 is 19.1 Å². The molecule has 0 heterocycles. The smallest absolute Gasteiger partial charge is 0.340 e. The Balaban J connectivity index is 2.08. The zero-order chi connectivity index (χ0) is 21.2.